The van der Waals surface area contributed by atoms with E-state index in [1.54, 1.807) is 0 Å². The fourth-order valence-electron chi connectivity index (χ4n) is 2.98. The molecular weight excluding hydrogens is 479 g/mol. The summed E-state index contributed by atoms with van der Waals surface area (Å²) in [4.78, 5) is 16.6. The summed E-state index contributed by atoms with van der Waals surface area (Å²) in [7, 11) is -2.97. The lowest BCUT2D eigenvalue weighted by Gasteiger charge is -2.15. The molecule has 1 fully saturated rings. The Hall–Kier alpha value is -0.580. The summed E-state index contributed by atoms with van der Waals surface area (Å²) in [6.45, 7) is 8.45. The molecule has 3 N–H and O–H groups in total. The third-order valence-corrected chi connectivity index (χ3v) is 6.41. The quantitative estimate of drug-likeness (QED) is 0.222. The molecule has 7 nitrogen and oxygen atoms in total. The maximum atomic E-state index is 12.0. The molecule has 0 bridgehead atoms. The van der Waals surface area contributed by atoms with Crippen LogP contribution in [0.5, 0.6) is 0 Å². The third kappa shape index (κ3) is 11.8. The molecule has 1 heterocycles. The minimum atomic E-state index is -2.97. The van der Waals surface area contributed by atoms with Crippen molar-refractivity contribution in [2.24, 2.45) is 10.9 Å². The van der Waals surface area contributed by atoms with Crippen molar-refractivity contribution in [3.63, 3.8) is 0 Å². The highest BCUT2D eigenvalue weighted by Gasteiger charge is 2.28. The predicted molar refractivity (Wildman–Crippen MR) is 123 cm³/mol. The Kier molecular flexibility index (Phi) is 14.1. The second-order valence-corrected chi connectivity index (χ2v) is 9.21. The van der Waals surface area contributed by atoms with Crippen LogP contribution in [0, 0.1) is 5.92 Å². The number of nitrogens with one attached hydrogen (secondary N) is 3. The number of rotatable bonds is 11. The van der Waals surface area contributed by atoms with Crippen LogP contribution < -0.4 is 16.0 Å². The molecule has 0 spiro atoms. The maximum absolute atomic E-state index is 12.0. The Morgan fingerprint density at radius 3 is 2.52 bits per heavy atom. The molecule has 27 heavy (non-hydrogen) atoms. The van der Waals surface area contributed by atoms with Crippen LogP contribution in [0.1, 0.15) is 59.3 Å². The third-order valence-electron chi connectivity index (χ3n) is 4.64. The lowest BCUT2D eigenvalue weighted by molar-refractivity contribution is -0.121. The van der Waals surface area contributed by atoms with E-state index < -0.39 is 9.84 Å². The Morgan fingerprint density at radius 2 is 1.96 bits per heavy atom. The van der Waals surface area contributed by atoms with Gasteiger partial charge in [-0.05, 0) is 25.7 Å². The van der Waals surface area contributed by atoms with E-state index in [1.165, 1.54) is 19.3 Å². The summed E-state index contributed by atoms with van der Waals surface area (Å²) < 4.78 is 22.9. The topological polar surface area (TPSA) is 99.7 Å². The molecule has 0 aromatic heterocycles. The van der Waals surface area contributed by atoms with Gasteiger partial charge < -0.3 is 16.0 Å². The predicted octanol–water partition coefficient (Wildman–Crippen LogP) is 2.07. The summed E-state index contributed by atoms with van der Waals surface area (Å²) in [6.07, 6.45) is 5.57. The smallest absolute Gasteiger partial charge is 0.222 e. The van der Waals surface area contributed by atoms with E-state index >= 15 is 0 Å². The number of halogens is 1. The van der Waals surface area contributed by atoms with E-state index in [4.69, 9.17) is 0 Å². The van der Waals surface area contributed by atoms with Gasteiger partial charge >= 0.3 is 0 Å². The highest BCUT2D eigenvalue weighted by molar-refractivity contribution is 14.0. The number of carbonyl (C=O) groups is 1. The fraction of sp³-hybridized carbons (Fsp3) is 0.889. The maximum Gasteiger partial charge on any atom is 0.222 e. The summed E-state index contributed by atoms with van der Waals surface area (Å²) in [6, 6.07) is -0.238. The summed E-state index contributed by atoms with van der Waals surface area (Å²) in [5, 5.41) is 9.20. The van der Waals surface area contributed by atoms with Crippen molar-refractivity contribution in [3.05, 3.63) is 0 Å². The summed E-state index contributed by atoms with van der Waals surface area (Å²) in [5.41, 5.74) is 0. The number of guanidine groups is 1. The van der Waals surface area contributed by atoms with Gasteiger partial charge in [0, 0.05) is 32.1 Å². The molecule has 2 atom stereocenters. The van der Waals surface area contributed by atoms with Crippen molar-refractivity contribution in [1.29, 1.82) is 0 Å². The van der Waals surface area contributed by atoms with Gasteiger partial charge in [-0.3, -0.25) is 9.79 Å². The monoisotopic (exact) mass is 516 g/mol. The summed E-state index contributed by atoms with van der Waals surface area (Å²) >= 11 is 0. The molecule has 1 aliphatic heterocycles. The van der Waals surface area contributed by atoms with E-state index in [0.717, 1.165) is 25.5 Å². The average Bonchev–Trinajstić information content (AvgIpc) is 2.93. The number of hydrogen-bond acceptors (Lipinski definition) is 4. The Balaban J connectivity index is 0.00000676. The lowest BCUT2D eigenvalue weighted by atomic mass is 10.00. The van der Waals surface area contributed by atoms with E-state index in [-0.39, 0.29) is 47.4 Å². The first kappa shape index (κ1) is 26.4. The highest BCUT2D eigenvalue weighted by Crippen LogP contribution is 2.13. The Labute approximate surface area is 181 Å². The van der Waals surface area contributed by atoms with Crippen LogP contribution in [-0.4, -0.2) is 57.5 Å². The minimum absolute atomic E-state index is 0. The van der Waals surface area contributed by atoms with Gasteiger partial charge in [0.2, 0.25) is 5.91 Å². The number of carbonyl (C=O) groups excluding carboxylic acids is 1. The lowest BCUT2D eigenvalue weighted by Crippen LogP contribution is -2.41. The molecule has 0 aromatic carbocycles. The Bertz CT molecular complexity index is 555. The normalized spacial score (nSPS) is 19.8. The zero-order valence-corrected chi connectivity index (χ0v) is 20.1. The molecule has 9 heteroatoms. The largest absolute Gasteiger partial charge is 0.357 e. The molecule has 0 saturated carbocycles. The van der Waals surface area contributed by atoms with Gasteiger partial charge in [0.25, 0.3) is 0 Å². The number of sulfone groups is 1. The van der Waals surface area contributed by atoms with Gasteiger partial charge in [0.15, 0.2) is 15.8 Å². The average molecular weight is 516 g/mol. The number of nitrogens with zero attached hydrogens (tertiary/aromatic N) is 1. The molecule has 1 amide bonds. The zero-order chi connectivity index (χ0) is 19.4. The molecule has 1 rings (SSSR count). The van der Waals surface area contributed by atoms with E-state index in [2.05, 4.69) is 34.8 Å². The van der Waals surface area contributed by atoms with Crippen LogP contribution in [0.2, 0.25) is 0 Å². The van der Waals surface area contributed by atoms with E-state index in [1.807, 2.05) is 6.92 Å². The number of unbranched alkanes of at least 4 members (excludes halogenated alkanes) is 1. The molecule has 1 saturated heterocycles. The van der Waals surface area contributed by atoms with Gasteiger partial charge in [-0.2, -0.15) is 0 Å². The standard InChI is InChI=1S/C18H36N4O3S.HI/c1-4-7-8-15(5-2)13-21-18(19-6-3)20-11-9-17(23)22-16-10-12-26(24,25)14-16;/h15-16H,4-14H2,1-3H3,(H,22,23)(H2,19,20,21);1H. The molecule has 1 aliphatic rings. The number of hydrogen-bond donors (Lipinski definition) is 3. The van der Waals surface area contributed by atoms with Crippen molar-refractivity contribution >= 4 is 45.7 Å². The first-order valence-electron chi connectivity index (χ1n) is 9.92. The van der Waals surface area contributed by atoms with Crippen LogP contribution in [-0.2, 0) is 14.6 Å². The Morgan fingerprint density at radius 1 is 1.22 bits per heavy atom. The first-order chi connectivity index (χ1) is 12.4. The van der Waals surface area contributed by atoms with Crippen molar-refractivity contribution in [3.8, 4) is 0 Å². The zero-order valence-electron chi connectivity index (χ0n) is 16.9. The summed E-state index contributed by atoms with van der Waals surface area (Å²) in [5.74, 6) is 1.44. The van der Waals surface area contributed by atoms with Gasteiger partial charge in [-0.15, -0.1) is 24.0 Å². The highest BCUT2D eigenvalue weighted by atomic mass is 127. The molecular formula is C18H37IN4O3S. The number of aliphatic imine (C=N–C) groups is 1. The van der Waals surface area contributed by atoms with E-state index in [0.29, 0.717) is 25.3 Å². The van der Waals surface area contributed by atoms with Crippen LogP contribution in [0.25, 0.3) is 0 Å². The van der Waals surface area contributed by atoms with Crippen molar-refractivity contribution < 1.29 is 13.2 Å². The van der Waals surface area contributed by atoms with Gasteiger partial charge in [-0.25, -0.2) is 8.42 Å². The molecule has 0 radical (unpaired) electrons. The first-order valence-corrected chi connectivity index (χ1v) is 11.7. The van der Waals surface area contributed by atoms with Gasteiger partial charge in [-0.1, -0.05) is 33.1 Å². The second-order valence-electron chi connectivity index (χ2n) is 6.98. The minimum Gasteiger partial charge on any atom is -0.357 e. The van der Waals surface area contributed by atoms with Crippen LogP contribution in [0.3, 0.4) is 0 Å². The number of amides is 1. The SMILES string of the molecule is CCCCC(CC)CN=C(NCC)NCCC(=O)NC1CCS(=O)(=O)C1.I. The van der Waals surface area contributed by atoms with E-state index in [9.17, 15) is 13.2 Å². The molecule has 0 aromatic rings. The van der Waals surface area contributed by atoms with Gasteiger partial charge in [0.1, 0.15) is 0 Å². The van der Waals surface area contributed by atoms with Crippen LogP contribution in [0.15, 0.2) is 4.99 Å². The fourth-order valence-corrected chi connectivity index (χ4v) is 4.66. The van der Waals surface area contributed by atoms with Crippen LogP contribution in [0.4, 0.5) is 0 Å². The molecule has 2 unspecified atom stereocenters. The molecule has 0 aliphatic carbocycles. The second kappa shape index (κ2) is 14.4. The molecule has 160 valence electrons. The van der Waals surface area contributed by atoms with Gasteiger partial charge in [0.05, 0.1) is 11.5 Å². The van der Waals surface area contributed by atoms with Crippen molar-refractivity contribution in [2.75, 3.05) is 31.1 Å². The van der Waals surface area contributed by atoms with Crippen molar-refractivity contribution in [1.82, 2.24) is 16.0 Å². The van der Waals surface area contributed by atoms with Crippen molar-refractivity contribution in [2.45, 2.75) is 65.3 Å². The van der Waals surface area contributed by atoms with Crippen LogP contribution >= 0.6 is 24.0 Å².